The maximum absolute atomic E-state index is 10.7. The highest BCUT2D eigenvalue weighted by Gasteiger charge is 2.31. The minimum absolute atomic E-state index is 0.0222. The zero-order valence-corrected chi connectivity index (χ0v) is 9.55. The summed E-state index contributed by atoms with van der Waals surface area (Å²) < 4.78 is 0. The van der Waals surface area contributed by atoms with Crippen LogP contribution in [0.5, 0.6) is 0 Å². The van der Waals surface area contributed by atoms with E-state index < -0.39 is 5.54 Å². The van der Waals surface area contributed by atoms with Crippen molar-refractivity contribution in [3.05, 3.63) is 0 Å². The standard InChI is InChI=1S/C11H23NO2/c1-4-5-6-10(2,3)7-11(12,8-13)9-14/h8,14H,4-7,9,12H2,1-3H3. The van der Waals surface area contributed by atoms with E-state index in [1.54, 1.807) is 0 Å². The van der Waals surface area contributed by atoms with E-state index in [1.165, 1.54) is 0 Å². The van der Waals surface area contributed by atoms with Gasteiger partial charge in [0.1, 0.15) is 6.29 Å². The van der Waals surface area contributed by atoms with Crippen LogP contribution in [-0.4, -0.2) is 23.5 Å². The SMILES string of the molecule is CCCCC(C)(C)CC(N)(C=O)CO. The van der Waals surface area contributed by atoms with Crippen molar-refractivity contribution in [3.63, 3.8) is 0 Å². The van der Waals surface area contributed by atoms with Crippen molar-refractivity contribution >= 4 is 6.29 Å². The first-order valence-electron chi connectivity index (χ1n) is 5.25. The quantitative estimate of drug-likeness (QED) is 0.613. The van der Waals surface area contributed by atoms with E-state index in [4.69, 9.17) is 10.8 Å². The number of nitrogens with two attached hydrogens (primary N) is 1. The summed E-state index contributed by atoms with van der Waals surface area (Å²) in [4.78, 5) is 10.7. The summed E-state index contributed by atoms with van der Waals surface area (Å²) in [5.74, 6) is 0. The Hall–Kier alpha value is -0.410. The highest BCUT2D eigenvalue weighted by atomic mass is 16.3. The molecular formula is C11H23NO2. The highest BCUT2D eigenvalue weighted by Crippen LogP contribution is 2.31. The molecule has 1 atom stereocenters. The van der Waals surface area contributed by atoms with Crippen LogP contribution < -0.4 is 5.73 Å². The van der Waals surface area contributed by atoms with Gasteiger partial charge in [-0.25, -0.2) is 0 Å². The molecule has 3 N–H and O–H groups in total. The van der Waals surface area contributed by atoms with Gasteiger partial charge in [0, 0.05) is 0 Å². The Bertz CT molecular complexity index is 180. The summed E-state index contributed by atoms with van der Waals surface area (Å²) in [5, 5.41) is 9.02. The second-order valence-corrected chi connectivity index (χ2v) is 4.95. The minimum atomic E-state index is -1.06. The number of hydrogen-bond donors (Lipinski definition) is 2. The highest BCUT2D eigenvalue weighted by molar-refractivity contribution is 5.64. The monoisotopic (exact) mass is 201 g/mol. The van der Waals surface area contributed by atoms with Gasteiger partial charge in [-0.1, -0.05) is 33.6 Å². The van der Waals surface area contributed by atoms with E-state index in [0.29, 0.717) is 12.7 Å². The van der Waals surface area contributed by atoms with Crippen LogP contribution in [0.4, 0.5) is 0 Å². The van der Waals surface area contributed by atoms with Crippen molar-refractivity contribution in [1.82, 2.24) is 0 Å². The van der Waals surface area contributed by atoms with Gasteiger partial charge in [-0.2, -0.15) is 0 Å². The molecule has 0 aliphatic carbocycles. The van der Waals surface area contributed by atoms with Crippen molar-refractivity contribution in [2.24, 2.45) is 11.1 Å². The van der Waals surface area contributed by atoms with E-state index in [0.717, 1.165) is 19.3 Å². The lowest BCUT2D eigenvalue weighted by Crippen LogP contribution is -2.48. The summed E-state index contributed by atoms with van der Waals surface area (Å²) >= 11 is 0. The number of unbranched alkanes of at least 4 members (excludes halogenated alkanes) is 1. The molecule has 14 heavy (non-hydrogen) atoms. The Kier molecular flexibility index (Phi) is 5.31. The number of hydrogen-bond acceptors (Lipinski definition) is 3. The molecule has 0 rings (SSSR count). The fourth-order valence-electron chi connectivity index (χ4n) is 1.77. The van der Waals surface area contributed by atoms with Crippen LogP contribution in [0.25, 0.3) is 0 Å². The van der Waals surface area contributed by atoms with Gasteiger partial charge in [0.25, 0.3) is 0 Å². The van der Waals surface area contributed by atoms with Gasteiger partial charge >= 0.3 is 0 Å². The van der Waals surface area contributed by atoms with E-state index in [-0.39, 0.29) is 12.0 Å². The van der Waals surface area contributed by atoms with Gasteiger partial charge in [-0.3, -0.25) is 0 Å². The molecule has 0 aliphatic rings. The van der Waals surface area contributed by atoms with Crippen LogP contribution in [0.3, 0.4) is 0 Å². The molecule has 0 saturated heterocycles. The largest absolute Gasteiger partial charge is 0.394 e. The number of rotatable bonds is 7. The normalized spacial score (nSPS) is 16.4. The average Bonchev–Trinajstić information content (AvgIpc) is 2.14. The average molecular weight is 201 g/mol. The molecule has 1 unspecified atom stereocenters. The van der Waals surface area contributed by atoms with Crippen LogP contribution in [0.15, 0.2) is 0 Å². The molecule has 0 aromatic rings. The Morgan fingerprint density at radius 2 is 2.00 bits per heavy atom. The fourth-order valence-corrected chi connectivity index (χ4v) is 1.77. The molecule has 0 spiro atoms. The van der Waals surface area contributed by atoms with Gasteiger partial charge in [-0.05, 0) is 18.3 Å². The summed E-state index contributed by atoms with van der Waals surface area (Å²) in [7, 11) is 0. The van der Waals surface area contributed by atoms with Crippen molar-refractivity contribution in [1.29, 1.82) is 0 Å². The molecule has 0 aliphatic heterocycles. The zero-order valence-electron chi connectivity index (χ0n) is 9.55. The number of aldehydes is 1. The lowest BCUT2D eigenvalue weighted by atomic mass is 9.76. The molecule has 0 aromatic carbocycles. The van der Waals surface area contributed by atoms with E-state index in [9.17, 15) is 4.79 Å². The van der Waals surface area contributed by atoms with E-state index in [2.05, 4.69) is 20.8 Å². The number of aliphatic hydroxyl groups is 1. The second kappa shape index (κ2) is 5.47. The summed E-state index contributed by atoms with van der Waals surface area (Å²) in [6.45, 7) is 6.04. The third kappa shape index (κ3) is 4.72. The molecule has 3 nitrogen and oxygen atoms in total. The van der Waals surface area contributed by atoms with Gasteiger partial charge in [0.15, 0.2) is 0 Å². The number of carbonyl (C=O) groups excluding carboxylic acids is 1. The molecule has 0 fully saturated rings. The Morgan fingerprint density at radius 3 is 2.36 bits per heavy atom. The van der Waals surface area contributed by atoms with E-state index >= 15 is 0 Å². The molecule has 0 bridgehead atoms. The molecule has 0 saturated carbocycles. The molecule has 0 amide bonds. The third-order valence-corrected chi connectivity index (χ3v) is 2.54. The maximum atomic E-state index is 10.7. The Balaban J connectivity index is 4.24. The Labute approximate surface area is 86.7 Å². The van der Waals surface area contributed by atoms with Crippen molar-refractivity contribution < 1.29 is 9.90 Å². The van der Waals surface area contributed by atoms with Crippen LogP contribution in [0.2, 0.25) is 0 Å². The summed E-state index contributed by atoms with van der Waals surface area (Å²) in [6, 6.07) is 0. The van der Waals surface area contributed by atoms with Crippen molar-refractivity contribution in [3.8, 4) is 0 Å². The second-order valence-electron chi connectivity index (χ2n) is 4.95. The molecule has 3 heteroatoms. The van der Waals surface area contributed by atoms with Gasteiger partial charge in [-0.15, -0.1) is 0 Å². The number of carbonyl (C=O) groups is 1. The lowest BCUT2D eigenvalue weighted by Gasteiger charge is -2.32. The first-order chi connectivity index (χ1) is 6.39. The summed E-state index contributed by atoms with van der Waals surface area (Å²) in [5.41, 5.74) is 4.70. The molecule has 84 valence electrons. The Morgan fingerprint density at radius 1 is 1.43 bits per heavy atom. The lowest BCUT2D eigenvalue weighted by molar-refractivity contribution is -0.114. The van der Waals surface area contributed by atoms with Gasteiger partial charge in [0.2, 0.25) is 0 Å². The van der Waals surface area contributed by atoms with Crippen LogP contribution in [0, 0.1) is 5.41 Å². The zero-order chi connectivity index (χ0) is 11.2. The van der Waals surface area contributed by atoms with E-state index in [1.807, 2.05) is 0 Å². The van der Waals surface area contributed by atoms with Gasteiger partial charge < -0.3 is 15.6 Å². The maximum Gasteiger partial charge on any atom is 0.142 e. The smallest absolute Gasteiger partial charge is 0.142 e. The topological polar surface area (TPSA) is 63.3 Å². The minimum Gasteiger partial charge on any atom is -0.394 e. The molecular weight excluding hydrogens is 178 g/mol. The number of aliphatic hydroxyl groups excluding tert-OH is 1. The predicted octanol–water partition coefficient (Wildman–Crippen LogP) is 1.48. The molecule has 0 heterocycles. The third-order valence-electron chi connectivity index (χ3n) is 2.54. The molecule has 0 aromatic heterocycles. The first-order valence-corrected chi connectivity index (χ1v) is 5.25. The van der Waals surface area contributed by atoms with Crippen LogP contribution in [-0.2, 0) is 4.79 Å². The van der Waals surface area contributed by atoms with Gasteiger partial charge in [0.05, 0.1) is 12.1 Å². The fraction of sp³-hybridized carbons (Fsp3) is 0.909. The first kappa shape index (κ1) is 13.6. The summed E-state index contributed by atoms with van der Waals surface area (Å²) in [6.07, 6.45) is 4.52. The van der Waals surface area contributed by atoms with Crippen LogP contribution in [0.1, 0.15) is 46.5 Å². The van der Waals surface area contributed by atoms with Crippen molar-refractivity contribution in [2.75, 3.05) is 6.61 Å². The van der Waals surface area contributed by atoms with Crippen LogP contribution >= 0.6 is 0 Å². The molecule has 0 radical (unpaired) electrons. The predicted molar refractivity (Wildman–Crippen MR) is 58.0 cm³/mol. The van der Waals surface area contributed by atoms with Crippen molar-refractivity contribution in [2.45, 2.75) is 52.0 Å².